The number of amides is 3. The van der Waals surface area contributed by atoms with Crippen LogP contribution in [-0.2, 0) is 4.79 Å². The second-order valence-electron chi connectivity index (χ2n) is 9.95. The monoisotopic (exact) mass is 533 g/mol. The Labute approximate surface area is 216 Å². The van der Waals surface area contributed by atoms with Crippen LogP contribution < -0.4 is 16.3 Å². The number of urea groups is 1. The zero-order chi connectivity index (χ0) is 26.9. The van der Waals surface area contributed by atoms with Crippen molar-refractivity contribution in [2.75, 3.05) is 38.2 Å². The number of likely N-dealkylation sites (tertiary alicyclic amines) is 2. The van der Waals surface area contributed by atoms with Crippen LogP contribution in [0, 0.1) is 0 Å². The minimum absolute atomic E-state index is 0.0615. The third-order valence-electron chi connectivity index (χ3n) is 7.44. The Kier molecular flexibility index (Phi) is 7.17. The van der Waals surface area contributed by atoms with Crippen molar-refractivity contribution in [3.63, 3.8) is 0 Å². The van der Waals surface area contributed by atoms with E-state index in [0.717, 1.165) is 10.5 Å². The lowest BCUT2D eigenvalue weighted by atomic mass is 9.93. The largest absolute Gasteiger partial charge is 0.406 e. The molecule has 10 nitrogen and oxygen atoms in total. The summed E-state index contributed by atoms with van der Waals surface area (Å²) in [6.45, 7) is -0.354. The zero-order valence-electron chi connectivity index (χ0n) is 20.7. The Balaban J connectivity index is 1.24. The third kappa shape index (κ3) is 5.55. The lowest BCUT2D eigenvalue weighted by Gasteiger charge is -2.34. The first kappa shape index (κ1) is 25.9. The molecule has 38 heavy (non-hydrogen) atoms. The first-order valence-electron chi connectivity index (χ1n) is 12.7. The summed E-state index contributed by atoms with van der Waals surface area (Å²) in [7, 11) is 0. The third-order valence-corrected chi connectivity index (χ3v) is 7.44. The predicted molar refractivity (Wildman–Crippen MR) is 134 cm³/mol. The van der Waals surface area contributed by atoms with Crippen LogP contribution in [-0.4, -0.2) is 82.6 Å². The number of aromatic nitrogens is 2. The summed E-state index contributed by atoms with van der Waals surface area (Å²) in [6, 6.07) is 7.50. The first-order chi connectivity index (χ1) is 18.2. The summed E-state index contributed by atoms with van der Waals surface area (Å²) in [5.41, 5.74) is 1.29. The Morgan fingerprint density at radius 3 is 2.53 bits per heavy atom. The van der Waals surface area contributed by atoms with Gasteiger partial charge in [-0.15, -0.1) is 0 Å². The number of halogens is 3. The van der Waals surface area contributed by atoms with Crippen LogP contribution in [0.4, 0.5) is 23.8 Å². The molecule has 1 aromatic carbocycles. The average Bonchev–Trinajstić information content (AvgIpc) is 3.16. The van der Waals surface area contributed by atoms with Gasteiger partial charge in [0.2, 0.25) is 5.91 Å². The molecule has 0 aliphatic carbocycles. The molecule has 13 heteroatoms. The van der Waals surface area contributed by atoms with Crippen LogP contribution in [0.25, 0.3) is 0 Å². The van der Waals surface area contributed by atoms with Crippen LogP contribution >= 0.6 is 0 Å². The normalized spacial score (nSPS) is 22.6. The van der Waals surface area contributed by atoms with E-state index in [1.54, 1.807) is 15.7 Å². The molecule has 3 amide bonds. The van der Waals surface area contributed by atoms with Gasteiger partial charge < -0.3 is 20.4 Å². The molecule has 3 aliphatic rings. The standard InChI is InChI=1S/C25H30F3N7O3/c26-25(27,28)14-34-13-17(16-4-2-1-3-5-16)6-7-19(22(34)36)31-23(37)33-10-8-18(9-11-33)35-20-12-29-15-30-21(20)32-24(35)38/h1-5,12,17-19,30H,6-11,13-15H2,(H,31,37)(H,32,38)/t17-,19-/m1/s1. The van der Waals surface area contributed by atoms with Crippen molar-refractivity contribution in [3.05, 3.63) is 52.1 Å². The van der Waals surface area contributed by atoms with Crippen molar-refractivity contribution in [3.8, 4) is 0 Å². The van der Waals surface area contributed by atoms with E-state index in [1.165, 1.54) is 0 Å². The number of piperidine rings is 1. The number of anilines is 1. The number of fused-ring (bicyclic) bond motifs is 1. The summed E-state index contributed by atoms with van der Waals surface area (Å²) >= 11 is 0. The number of aromatic amines is 1. The van der Waals surface area contributed by atoms with Crippen molar-refractivity contribution in [2.45, 2.75) is 49.9 Å². The summed E-state index contributed by atoms with van der Waals surface area (Å²) in [4.78, 5) is 48.0. The minimum Gasteiger partial charge on any atom is -0.351 e. The van der Waals surface area contributed by atoms with Crippen molar-refractivity contribution < 1.29 is 22.8 Å². The van der Waals surface area contributed by atoms with Crippen LogP contribution in [0.2, 0.25) is 0 Å². The van der Waals surface area contributed by atoms with Crippen LogP contribution in [0.5, 0.6) is 0 Å². The van der Waals surface area contributed by atoms with E-state index in [-0.39, 0.29) is 30.6 Å². The topological polar surface area (TPSA) is 115 Å². The van der Waals surface area contributed by atoms with E-state index in [1.807, 2.05) is 30.3 Å². The van der Waals surface area contributed by atoms with Gasteiger partial charge in [0.15, 0.2) is 0 Å². The van der Waals surface area contributed by atoms with Crippen molar-refractivity contribution in [1.82, 2.24) is 24.7 Å². The molecule has 0 saturated carbocycles. The molecule has 5 rings (SSSR count). The quantitative estimate of drug-likeness (QED) is 0.561. The van der Waals surface area contributed by atoms with E-state index in [4.69, 9.17) is 0 Å². The number of hydrogen-bond donors (Lipinski definition) is 3. The lowest BCUT2D eigenvalue weighted by Crippen LogP contribution is -2.54. The fourth-order valence-corrected chi connectivity index (χ4v) is 5.56. The molecule has 2 fully saturated rings. The highest BCUT2D eigenvalue weighted by Crippen LogP contribution is 2.30. The number of alkyl halides is 3. The van der Waals surface area contributed by atoms with Crippen molar-refractivity contribution in [1.29, 1.82) is 0 Å². The predicted octanol–water partition coefficient (Wildman–Crippen LogP) is 2.66. The van der Waals surface area contributed by atoms with Gasteiger partial charge in [0.25, 0.3) is 0 Å². The zero-order valence-corrected chi connectivity index (χ0v) is 20.7. The van der Waals surface area contributed by atoms with E-state index in [0.29, 0.717) is 50.5 Å². The van der Waals surface area contributed by atoms with E-state index in [2.05, 4.69) is 20.6 Å². The highest BCUT2D eigenvalue weighted by atomic mass is 19.4. The Morgan fingerprint density at radius 1 is 1.08 bits per heavy atom. The molecule has 2 aromatic rings. The van der Waals surface area contributed by atoms with E-state index < -0.39 is 30.7 Å². The lowest BCUT2D eigenvalue weighted by molar-refractivity contribution is -0.162. The molecule has 3 N–H and O–H groups in total. The second kappa shape index (κ2) is 10.5. The number of aliphatic imine (C=N–C) groups is 1. The molecule has 0 radical (unpaired) electrons. The summed E-state index contributed by atoms with van der Waals surface area (Å²) in [5.74, 6) is -0.362. The van der Waals surface area contributed by atoms with Gasteiger partial charge in [-0.1, -0.05) is 30.3 Å². The number of nitrogens with one attached hydrogen (secondary N) is 3. The molecule has 0 unspecified atom stereocenters. The number of nitrogens with zero attached hydrogens (tertiary/aromatic N) is 4. The molecule has 2 atom stereocenters. The van der Waals surface area contributed by atoms with Gasteiger partial charge in [0, 0.05) is 31.6 Å². The van der Waals surface area contributed by atoms with Gasteiger partial charge in [0.1, 0.15) is 30.8 Å². The van der Waals surface area contributed by atoms with Gasteiger partial charge >= 0.3 is 17.9 Å². The highest BCUT2D eigenvalue weighted by molar-refractivity contribution is 5.88. The average molecular weight is 534 g/mol. The summed E-state index contributed by atoms with van der Waals surface area (Å²) in [5, 5.41) is 5.72. The van der Waals surface area contributed by atoms with Crippen molar-refractivity contribution >= 4 is 24.0 Å². The number of carbonyl (C=O) groups excluding carboxylic acids is 2. The van der Waals surface area contributed by atoms with Gasteiger partial charge in [-0.05, 0) is 31.2 Å². The van der Waals surface area contributed by atoms with Gasteiger partial charge in [-0.2, -0.15) is 13.2 Å². The first-order valence-corrected chi connectivity index (χ1v) is 12.7. The Bertz CT molecular complexity index is 1250. The SMILES string of the molecule is O=C(N[C@@H]1CC[C@@H](c2ccccc2)CN(CC(F)(F)F)C1=O)N1CCC(n2c3c([nH]c2=O)NCN=C3)CC1. The molecule has 204 valence electrons. The molecule has 2 saturated heterocycles. The molecule has 1 aromatic heterocycles. The van der Waals surface area contributed by atoms with Crippen LogP contribution in [0.15, 0.2) is 40.1 Å². The fourth-order valence-electron chi connectivity index (χ4n) is 5.56. The van der Waals surface area contributed by atoms with Crippen molar-refractivity contribution in [2.24, 2.45) is 4.99 Å². The van der Waals surface area contributed by atoms with E-state index >= 15 is 0 Å². The Morgan fingerprint density at radius 2 is 1.82 bits per heavy atom. The number of rotatable bonds is 4. The highest BCUT2D eigenvalue weighted by Gasteiger charge is 2.40. The summed E-state index contributed by atoms with van der Waals surface area (Å²) in [6.07, 6.45) is -1.16. The second-order valence-corrected chi connectivity index (χ2v) is 9.95. The van der Waals surface area contributed by atoms with Crippen LogP contribution in [0.1, 0.15) is 48.9 Å². The summed E-state index contributed by atoms with van der Waals surface area (Å²) < 4.78 is 41.6. The maximum atomic E-state index is 13.3. The molecule has 3 aliphatic heterocycles. The smallest absolute Gasteiger partial charge is 0.351 e. The number of carbonyl (C=O) groups is 2. The minimum atomic E-state index is -4.55. The van der Waals surface area contributed by atoms with Gasteiger partial charge in [-0.25, -0.2) is 9.59 Å². The van der Waals surface area contributed by atoms with Gasteiger partial charge in [-0.3, -0.25) is 19.3 Å². The fraction of sp³-hybridized carbons (Fsp3) is 0.520. The van der Waals surface area contributed by atoms with Crippen LogP contribution in [0.3, 0.4) is 0 Å². The van der Waals surface area contributed by atoms with Gasteiger partial charge in [0.05, 0.1) is 6.21 Å². The maximum Gasteiger partial charge on any atom is 0.406 e. The molecule has 0 bridgehead atoms. The number of hydrogen-bond acceptors (Lipinski definition) is 5. The molecule has 4 heterocycles. The number of imidazole rings is 1. The van der Waals surface area contributed by atoms with E-state index in [9.17, 15) is 27.6 Å². The molecular weight excluding hydrogens is 503 g/mol. The molecule has 0 spiro atoms. The number of benzene rings is 1. The molecular formula is C25H30F3N7O3. The number of H-pyrrole nitrogens is 1. The Hall–Kier alpha value is -3.77. The maximum absolute atomic E-state index is 13.3.